The first-order valence-corrected chi connectivity index (χ1v) is 3.74. The van der Waals surface area contributed by atoms with Crippen LogP contribution < -0.4 is 5.48 Å². The molecule has 0 aliphatic carbocycles. The van der Waals surface area contributed by atoms with Gasteiger partial charge >= 0.3 is 0 Å². The number of thiazole rings is 1. The van der Waals surface area contributed by atoms with Crippen molar-refractivity contribution in [1.82, 2.24) is 10.5 Å². The zero-order valence-electron chi connectivity index (χ0n) is 6.37. The van der Waals surface area contributed by atoms with Crippen LogP contribution in [0.3, 0.4) is 0 Å². The van der Waals surface area contributed by atoms with E-state index in [-0.39, 0.29) is 0 Å². The van der Waals surface area contributed by atoms with Gasteiger partial charge in [-0.2, -0.15) is 0 Å². The highest BCUT2D eigenvalue weighted by Gasteiger charge is 1.91. The predicted octanol–water partition coefficient (Wildman–Crippen LogP) is 0.859. The van der Waals surface area contributed by atoms with Crippen molar-refractivity contribution in [3.05, 3.63) is 16.1 Å². The fourth-order valence-electron chi connectivity index (χ4n) is 0.427. The summed E-state index contributed by atoms with van der Waals surface area (Å²) in [5, 5.41) is 7.88. The lowest BCUT2D eigenvalue weighted by Gasteiger charge is -1.68. The maximum absolute atomic E-state index is 9.97. The first kappa shape index (κ1) is 10.2. The van der Waals surface area contributed by atoms with Gasteiger partial charge in [0, 0.05) is 18.1 Å². The number of hydroxylamine groups is 1. The monoisotopic (exact) mass is 174 g/mol. The number of hydrogen-bond acceptors (Lipinski definition) is 5. The molecule has 1 aromatic heterocycles. The molecule has 1 heterocycles. The van der Waals surface area contributed by atoms with Gasteiger partial charge in [0.2, 0.25) is 0 Å². The van der Waals surface area contributed by atoms with Crippen LogP contribution in [0.4, 0.5) is 0 Å². The van der Waals surface area contributed by atoms with Crippen LogP contribution in [0.5, 0.6) is 0 Å². The Kier molecular flexibility index (Phi) is 5.54. The second-order valence-electron chi connectivity index (χ2n) is 1.65. The highest BCUT2D eigenvalue weighted by molar-refractivity contribution is 7.13. The third kappa shape index (κ3) is 4.60. The normalized spacial score (nSPS) is 8.27. The lowest BCUT2D eigenvalue weighted by molar-refractivity contribution is 0.112. The molecule has 0 aliphatic rings. The number of aldehydes is 1. The van der Waals surface area contributed by atoms with Crippen molar-refractivity contribution in [3.63, 3.8) is 0 Å². The summed E-state index contributed by atoms with van der Waals surface area (Å²) in [5.74, 6) is 0. The van der Waals surface area contributed by atoms with Crippen LogP contribution in [0.2, 0.25) is 0 Å². The Balaban J connectivity index is 0.000000292. The fraction of sp³-hybridized carbons (Fsp3) is 0.333. The quantitative estimate of drug-likeness (QED) is 0.489. The summed E-state index contributed by atoms with van der Waals surface area (Å²) >= 11 is 1.41. The lowest BCUT2D eigenvalue weighted by atomic mass is 10.6. The Hall–Kier alpha value is -0.780. The minimum Gasteiger partial charge on any atom is -0.317 e. The zero-order chi connectivity index (χ0) is 8.69. The summed E-state index contributed by atoms with van der Waals surface area (Å²) in [4.78, 5) is 14.8. The number of rotatable bonds is 1. The number of aromatic nitrogens is 1. The molecular formula is C6H10N2O2S. The maximum Gasteiger partial charge on any atom is 0.178 e. The molecule has 2 N–H and O–H groups in total. The zero-order valence-corrected chi connectivity index (χ0v) is 7.18. The first-order chi connectivity index (χ1) is 5.24. The van der Waals surface area contributed by atoms with Crippen molar-refractivity contribution in [1.29, 1.82) is 0 Å². The van der Waals surface area contributed by atoms with E-state index in [1.165, 1.54) is 18.4 Å². The smallest absolute Gasteiger partial charge is 0.178 e. The molecule has 0 fully saturated rings. The van der Waals surface area contributed by atoms with E-state index in [4.69, 9.17) is 5.21 Å². The molecule has 0 saturated heterocycles. The van der Waals surface area contributed by atoms with Crippen LogP contribution in [0.25, 0.3) is 0 Å². The number of carbonyl (C=O) groups excluding carboxylic acids is 1. The molecular weight excluding hydrogens is 164 g/mol. The molecule has 0 atom stereocenters. The average Bonchev–Trinajstić information content (AvgIpc) is 2.37. The standard InChI is InChI=1S/C5H5NOS.CH5NO/c1-4-2-6-5(3-7)8-4;1-2-3/h2-3H,1H3;2-3H,1H3. The Morgan fingerprint density at radius 1 is 1.82 bits per heavy atom. The van der Waals surface area contributed by atoms with E-state index in [0.717, 1.165) is 11.2 Å². The number of aryl methyl sites for hydroxylation is 1. The van der Waals surface area contributed by atoms with Gasteiger partial charge in [-0.15, -0.1) is 11.3 Å². The van der Waals surface area contributed by atoms with E-state index >= 15 is 0 Å². The van der Waals surface area contributed by atoms with E-state index in [0.29, 0.717) is 5.01 Å². The molecule has 4 nitrogen and oxygen atoms in total. The Morgan fingerprint density at radius 3 is 2.55 bits per heavy atom. The molecule has 62 valence electrons. The largest absolute Gasteiger partial charge is 0.317 e. The van der Waals surface area contributed by atoms with Crippen molar-refractivity contribution in [2.45, 2.75) is 6.92 Å². The number of nitrogens with zero attached hydrogens (tertiary/aromatic N) is 1. The van der Waals surface area contributed by atoms with Gasteiger partial charge in [0.05, 0.1) is 0 Å². The van der Waals surface area contributed by atoms with Crippen molar-refractivity contribution < 1.29 is 10.0 Å². The molecule has 11 heavy (non-hydrogen) atoms. The molecule has 1 aromatic rings. The van der Waals surface area contributed by atoms with E-state index < -0.39 is 0 Å². The van der Waals surface area contributed by atoms with Gasteiger partial charge in [-0.05, 0) is 6.92 Å². The topological polar surface area (TPSA) is 62.2 Å². The third-order valence-electron chi connectivity index (χ3n) is 0.740. The predicted molar refractivity (Wildman–Crippen MR) is 43.1 cm³/mol. The van der Waals surface area contributed by atoms with Crippen LogP contribution in [0.15, 0.2) is 6.20 Å². The fourth-order valence-corrected chi connectivity index (χ4v) is 1.02. The summed E-state index contributed by atoms with van der Waals surface area (Å²) in [7, 11) is 1.43. The van der Waals surface area contributed by atoms with Crippen LogP contribution >= 0.6 is 11.3 Å². The molecule has 5 heteroatoms. The van der Waals surface area contributed by atoms with Crippen LogP contribution in [-0.2, 0) is 0 Å². The summed E-state index contributed by atoms with van der Waals surface area (Å²) < 4.78 is 0. The van der Waals surface area contributed by atoms with Gasteiger partial charge in [0.1, 0.15) is 0 Å². The maximum atomic E-state index is 9.97. The minimum absolute atomic E-state index is 0.558. The van der Waals surface area contributed by atoms with Crippen molar-refractivity contribution >= 4 is 17.6 Å². The highest BCUT2D eigenvalue weighted by atomic mass is 32.1. The van der Waals surface area contributed by atoms with E-state index in [9.17, 15) is 4.79 Å². The second kappa shape index (κ2) is 5.96. The molecule has 0 unspecified atom stereocenters. The number of hydrogen-bond donors (Lipinski definition) is 2. The van der Waals surface area contributed by atoms with E-state index in [2.05, 4.69) is 4.98 Å². The Morgan fingerprint density at radius 2 is 2.36 bits per heavy atom. The Bertz CT molecular complexity index is 212. The van der Waals surface area contributed by atoms with Crippen LogP contribution in [0, 0.1) is 6.92 Å². The number of carbonyl (C=O) groups is 1. The van der Waals surface area contributed by atoms with Gasteiger partial charge in [-0.25, -0.2) is 10.5 Å². The molecule has 0 aliphatic heterocycles. The molecule has 0 aromatic carbocycles. The number of nitrogens with one attached hydrogen (secondary N) is 1. The van der Waals surface area contributed by atoms with Gasteiger partial charge < -0.3 is 5.21 Å². The van der Waals surface area contributed by atoms with Gasteiger partial charge in [-0.1, -0.05) is 0 Å². The molecule has 0 bridgehead atoms. The van der Waals surface area contributed by atoms with Gasteiger partial charge in [0.15, 0.2) is 11.3 Å². The van der Waals surface area contributed by atoms with E-state index in [1.54, 1.807) is 11.7 Å². The molecule has 1 rings (SSSR count). The summed E-state index contributed by atoms with van der Waals surface area (Å²) in [5.41, 5.74) is 1.75. The van der Waals surface area contributed by atoms with Crippen LogP contribution in [0.1, 0.15) is 14.7 Å². The molecule has 0 saturated carbocycles. The summed E-state index contributed by atoms with van der Waals surface area (Å²) in [6.45, 7) is 1.92. The molecule has 0 amide bonds. The average molecular weight is 174 g/mol. The van der Waals surface area contributed by atoms with Crippen molar-refractivity contribution in [3.8, 4) is 0 Å². The van der Waals surface area contributed by atoms with Crippen LogP contribution in [-0.4, -0.2) is 23.5 Å². The second-order valence-corrected chi connectivity index (χ2v) is 2.92. The minimum atomic E-state index is 0.558. The van der Waals surface area contributed by atoms with Gasteiger partial charge in [0.25, 0.3) is 0 Å². The first-order valence-electron chi connectivity index (χ1n) is 2.93. The summed E-state index contributed by atoms with van der Waals surface area (Å²) in [6, 6.07) is 0. The van der Waals surface area contributed by atoms with Crippen molar-refractivity contribution in [2.75, 3.05) is 7.05 Å². The SMILES string of the molecule is CNO.Cc1cnc(C=O)s1. The molecule has 0 spiro atoms. The van der Waals surface area contributed by atoms with E-state index in [1.807, 2.05) is 6.92 Å². The lowest BCUT2D eigenvalue weighted by Crippen LogP contribution is -1.91. The summed E-state index contributed by atoms with van der Waals surface area (Å²) in [6.07, 6.45) is 2.45. The molecule has 0 radical (unpaired) electrons. The highest BCUT2D eigenvalue weighted by Crippen LogP contribution is 2.07. The van der Waals surface area contributed by atoms with Gasteiger partial charge in [-0.3, -0.25) is 4.79 Å². The Labute approximate surface area is 68.9 Å². The third-order valence-corrected chi connectivity index (χ3v) is 1.58. The van der Waals surface area contributed by atoms with Crippen molar-refractivity contribution in [2.24, 2.45) is 0 Å².